The van der Waals surface area contributed by atoms with Gasteiger partial charge in [0.25, 0.3) is 0 Å². The summed E-state index contributed by atoms with van der Waals surface area (Å²) in [4.78, 5) is 12.1. The zero-order chi connectivity index (χ0) is 13.2. The van der Waals surface area contributed by atoms with Crippen molar-refractivity contribution in [3.8, 4) is 5.75 Å². The number of fused-ring (bicyclic) bond motifs is 1. The number of piperidine rings is 1. The molecule has 4 nitrogen and oxygen atoms in total. The molecule has 2 aliphatic rings. The summed E-state index contributed by atoms with van der Waals surface area (Å²) in [6, 6.07) is 5.87. The van der Waals surface area contributed by atoms with Crippen LogP contribution in [0.2, 0.25) is 0 Å². The maximum Gasteiger partial charge on any atom is 0.232 e. The Kier molecular flexibility index (Phi) is 3.42. The van der Waals surface area contributed by atoms with Gasteiger partial charge in [-0.05, 0) is 49.9 Å². The Hall–Kier alpha value is -1.55. The second kappa shape index (κ2) is 5.21. The van der Waals surface area contributed by atoms with Gasteiger partial charge in [0.15, 0.2) is 0 Å². The van der Waals surface area contributed by atoms with Crippen molar-refractivity contribution in [2.45, 2.75) is 25.2 Å². The average molecular weight is 260 g/mol. The lowest BCUT2D eigenvalue weighted by molar-refractivity contribution is -0.117. The van der Waals surface area contributed by atoms with E-state index in [-0.39, 0.29) is 11.8 Å². The number of amides is 1. The predicted octanol–water partition coefficient (Wildman–Crippen LogP) is 2.12. The van der Waals surface area contributed by atoms with Gasteiger partial charge in [-0.2, -0.15) is 0 Å². The molecule has 102 valence electrons. The van der Waals surface area contributed by atoms with Gasteiger partial charge in [-0.3, -0.25) is 4.79 Å². The Morgan fingerprint density at radius 1 is 1.42 bits per heavy atom. The number of hydrogen-bond donors (Lipinski definition) is 2. The monoisotopic (exact) mass is 260 g/mol. The molecule has 2 N–H and O–H groups in total. The predicted molar refractivity (Wildman–Crippen MR) is 74.6 cm³/mol. The molecule has 2 heterocycles. The average Bonchev–Trinajstić information content (AvgIpc) is 2.75. The molecule has 0 radical (unpaired) electrons. The van der Waals surface area contributed by atoms with Crippen molar-refractivity contribution in [1.82, 2.24) is 5.32 Å². The first-order chi connectivity index (χ1) is 9.28. The zero-order valence-electron chi connectivity index (χ0n) is 11.2. The molecular weight excluding hydrogens is 240 g/mol. The van der Waals surface area contributed by atoms with Crippen LogP contribution < -0.4 is 15.4 Å². The van der Waals surface area contributed by atoms with Crippen molar-refractivity contribution < 1.29 is 9.53 Å². The van der Waals surface area contributed by atoms with Crippen LogP contribution in [0.5, 0.6) is 5.75 Å². The molecular formula is C15H20N2O2. The zero-order valence-corrected chi connectivity index (χ0v) is 11.2. The molecule has 0 spiro atoms. The molecule has 1 aromatic carbocycles. The lowest BCUT2D eigenvalue weighted by atomic mass is 9.86. The number of hydrogen-bond acceptors (Lipinski definition) is 3. The maximum absolute atomic E-state index is 12.1. The number of carbonyl (C=O) groups excluding carboxylic acids is 1. The fraction of sp³-hybridized carbons (Fsp3) is 0.533. The molecule has 1 saturated heterocycles. The van der Waals surface area contributed by atoms with Gasteiger partial charge >= 0.3 is 0 Å². The third-order valence-corrected chi connectivity index (χ3v) is 4.18. The number of carbonyl (C=O) groups is 1. The van der Waals surface area contributed by atoms with Gasteiger partial charge in [0.1, 0.15) is 5.75 Å². The van der Waals surface area contributed by atoms with Crippen LogP contribution in [0.15, 0.2) is 18.2 Å². The first-order valence-corrected chi connectivity index (χ1v) is 6.97. The topological polar surface area (TPSA) is 50.4 Å². The smallest absolute Gasteiger partial charge is 0.232 e. The highest BCUT2D eigenvalue weighted by Crippen LogP contribution is 2.39. The van der Waals surface area contributed by atoms with E-state index in [1.807, 2.05) is 18.2 Å². The van der Waals surface area contributed by atoms with Crippen LogP contribution in [0.4, 0.5) is 5.69 Å². The Morgan fingerprint density at radius 3 is 3.05 bits per heavy atom. The van der Waals surface area contributed by atoms with Crippen LogP contribution in [0.25, 0.3) is 0 Å². The van der Waals surface area contributed by atoms with Gasteiger partial charge < -0.3 is 15.4 Å². The second-order valence-electron chi connectivity index (χ2n) is 5.44. The summed E-state index contributed by atoms with van der Waals surface area (Å²) in [5, 5.41) is 6.39. The number of benzene rings is 1. The van der Waals surface area contributed by atoms with Crippen LogP contribution in [0.3, 0.4) is 0 Å². The molecule has 1 aromatic rings. The largest absolute Gasteiger partial charge is 0.497 e. The van der Waals surface area contributed by atoms with Gasteiger partial charge in [0, 0.05) is 11.8 Å². The minimum Gasteiger partial charge on any atom is -0.497 e. The van der Waals surface area contributed by atoms with Crippen LogP contribution in [-0.2, 0) is 4.79 Å². The molecule has 4 heteroatoms. The molecule has 2 aliphatic heterocycles. The third-order valence-electron chi connectivity index (χ3n) is 4.18. The van der Waals surface area contributed by atoms with Crippen molar-refractivity contribution in [3.63, 3.8) is 0 Å². The molecule has 0 aliphatic carbocycles. The van der Waals surface area contributed by atoms with E-state index in [1.54, 1.807) is 7.11 Å². The highest BCUT2D eigenvalue weighted by atomic mass is 16.5. The molecule has 0 aromatic heterocycles. The van der Waals surface area contributed by atoms with Crippen molar-refractivity contribution in [1.29, 1.82) is 0 Å². The minimum atomic E-state index is 0.00538. The van der Waals surface area contributed by atoms with Gasteiger partial charge in [0.2, 0.25) is 5.91 Å². The van der Waals surface area contributed by atoms with E-state index in [0.717, 1.165) is 36.5 Å². The lowest BCUT2D eigenvalue weighted by Gasteiger charge is -2.24. The first kappa shape index (κ1) is 12.5. The quantitative estimate of drug-likeness (QED) is 0.875. The number of rotatable bonds is 3. The number of anilines is 1. The third kappa shape index (κ3) is 2.45. The van der Waals surface area contributed by atoms with E-state index >= 15 is 0 Å². The van der Waals surface area contributed by atoms with Crippen LogP contribution in [-0.4, -0.2) is 26.1 Å². The summed E-state index contributed by atoms with van der Waals surface area (Å²) >= 11 is 0. The normalized spacial score (nSPS) is 25.8. The van der Waals surface area contributed by atoms with E-state index in [2.05, 4.69) is 10.6 Å². The molecule has 0 bridgehead atoms. The van der Waals surface area contributed by atoms with Gasteiger partial charge in [-0.15, -0.1) is 0 Å². The molecule has 1 amide bonds. The van der Waals surface area contributed by atoms with Crippen molar-refractivity contribution in [2.24, 2.45) is 5.92 Å². The summed E-state index contributed by atoms with van der Waals surface area (Å²) < 4.78 is 5.20. The second-order valence-corrected chi connectivity index (χ2v) is 5.44. The van der Waals surface area contributed by atoms with E-state index in [1.165, 1.54) is 12.8 Å². The molecule has 3 rings (SSSR count). The maximum atomic E-state index is 12.1. The highest BCUT2D eigenvalue weighted by Gasteiger charge is 2.33. The van der Waals surface area contributed by atoms with Crippen LogP contribution in [0, 0.1) is 5.92 Å². The Morgan fingerprint density at radius 2 is 2.32 bits per heavy atom. The van der Waals surface area contributed by atoms with Crippen molar-refractivity contribution >= 4 is 11.6 Å². The summed E-state index contributed by atoms with van der Waals surface area (Å²) in [5.74, 6) is 1.54. The summed E-state index contributed by atoms with van der Waals surface area (Å²) in [6.45, 7) is 2.15. The van der Waals surface area contributed by atoms with E-state index in [0.29, 0.717) is 5.92 Å². The summed E-state index contributed by atoms with van der Waals surface area (Å²) in [6.07, 6.45) is 3.38. The SMILES string of the molecule is COc1ccc2c(c1)NC(=O)C2CC1CCCNC1. The van der Waals surface area contributed by atoms with E-state index in [4.69, 9.17) is 4.74 Å². The van der Waals surface area contributed by atoms with Crippen molar-refractivity contribution in [2.75, 3.05) is 25.5 Å². The van der Waals surface area contributed by atoms with Gasteiger partial charge in [-0.1, -0.05) is 6.07 Å². The minimum absolute atomic E-state index is 0.00538. The standard InChI is InChI=1S/C15H20N2O2/c1-19-11-4-5-12-13(15(18)17-14(12)8-11)7-10-3-2-6-16-9-10/h4-5,8,10,13,16H,2-3,6-7,9H2,1H3,(H,17,18). The Labute approximate surface area is 113 Å². The first-order valence-electron chi connectivity index (χ1n) is 6.97. The molecule has 2 unspecified atom stereocenters. The molecule has 19 heavy (non-hydrogen) atoms. The summed E-state index contributed by atoms with van der Waals surface area (Å²) in [5.41, 5.74) is 2.04. The fourth-order valence-corrected chi connectivity index (χ4v) is 3.13. The highest BCUT2D eigenvalue weighted by molar-refractivity contribution is 6.03. The molecule has 1 fully saturated rings. The van der Waals surface area contributed by atoms with E-state index < -0.39 is 0 Å². The van der Waals surface area contributed by atoms with Gasteiger partial charge in [-0.25, -0.2) is 0 Å². The lowest BCUT2D eigenvalue weighted by Crippen LogP contribution is -2.31. The molecule has 0 saturated carbocycles. The Bertz CT molecular complexity index is 481. The van der Waals surface area contributed by atoms with E-state index in [9.17, 15) is 4.79 Å². The number of ether oxygens (including phenoxy) is 1. The van der Waals surface area contributed by atoms with Crippen LogP contribution in [0.1, 0.15) is 30.7 Å². The van der Waals surface area contributed by atoms with Crippen LogP contribution >= 0.6 is 0 Å². The van der Waals surface area contributed by atoms with Crippen molar-refractivity contribution in [3.05, 3.63) is 23.8 Å². The number of nitrogens with one attached hydrogen (secondary N) is 2. The Balaban J connectivity index is 1.78. The summed E-state index contributed by atoms with van der Waals surface area (Å²) in [7, 11) is 1.64. The fourth-order valence-electron chi connectivity index (χ4n) is 3.13. The van der Waals surface area contributed by atoms with Gasteiger partial charge in [0.05, 0.1) is 13.0 Å². The molecule has 2 atom stereocenters. The number of methoxy groups -OCH3 is 1.